The number of carboxylic acids is 1. The monoisotopic (exact) mass is 309 g/mol. The van der Waals surface area contributed by atoms with E-state index >= 15 is 0 Å². The second-order valence-electron chi connectivity index (χ2n) is 5.72. The van der Waals surface area contributed by atoms with E-state index in [1.807, 2.05) is 31.2 Å². The minimum absolute atomic E-state index is 0.330. The van der Waals surface area contributed by atoms with E-state index in [0.29, 0.717) is 5.92 Å². The molecule has 0 saturated heterocycles. The number of carbonyl (C=O) groups is 1. The van der Waals surface area contributed by atoms with Crippen LogP contribution in [-0.4, -0.2) is 27.6 Å². The number of aliphatic carboxylic acids is 1. The van der Waals surface area contributed by atoms with Crippen LogP contribution in [0, 0.1) is 5.92 Å². The maximum absolute atomic E-state index is 11.3. The molecule has 3 N–H and O–H groups in total. The zero-order chi connectivity index (χ0) is 15.7. The molecule has 0 saturated carbocycles. The van der Waals surface area contributed by atoms with Gasteiger partial charge < -0.3 is 10.8 Å². The average Bonchev–Trinajstić information content (AvgIpc) is 2.73. The molecule has 4 heteroatoms. The Morgan fingerprint density at radius 3 is 2.43 bits per heavy atom. The Morgan fingerprint density at radius 2 is 1.90 bits per heavy atom. The van der Waals surface area contributed by atoms with Gasteiger partial charge in [0.05, 0.1) is 0 Å². The van der Waals surface area contributed by atoms with Gasteiger partial charge in [0.15, 0.2) is 0 Å². The summed E-state index contributed by atoms with van der Waals surface area (Å²) in [5.41, 5.74) is 5.95. The van der Waals surface area contributed by atoms with E-state index in [9.17, 15) is 9.90 Å². The summed E-state index contributed by atoms with van der Waals surface area (Å²) in [7, 11) is 0. The van der Waals surface area contributed by atoms with Crippen molar-refractivity contribution in [2.45, 2.75) is 50.3 Å². The van der Waals surface area contributed by atoms with Crippen LogP contribution < -0.4 is 5.73 Å². The third-order valence-corrected chi connectivity index (χ3v) is 5.53. The molecule has 2 atom stereocenters. The molecule has 0 amide bonds. The van der Waals surface area contributed by atoms with Gasteiger partial charge in [-0.15, -0.1) is 0 Å². The van der Waals surface area contributed by atoms with Crippen molar-refractivity contribution >= 4 is 17.7 Å². The third-order valence-electron chi connectivity index (χ3n) is 3.86. The zero-order valence-electron chi connectivity index (χ0n) is 13.0. The highest BCUT2D eigenvalue weighted by molar-refractivity contribution is 8.00. The second kappa shape index (κ2) is 9.11. The molecule has 0 fully saturated rings. The molecular formula is C17H27NO2S. The molecule has 0 heterocycles. The molecule has 0 aliphatic heterocycles. The molecule has 0 bridgehead atoms. The van der Waals surface area contributed by atoms with Crippen molar-refractivity contribution in [3.05, 3.63) is 36.5 Å². The van der Waals surface area contributed by atoms with Crippen LogP contribution >= 0.6 is 11.8 Å². The minimum Gasteiger partial charge on any atom is -0.480 e. The van der Waals surface area contributed by atoms with Gasteiger partial charge in [-0.25, -0.2) is 0 Å². The normalized spacial score (nSPS) is 19.2. The van der Waals surface area contributed by atoms with Crippen molar-refractivity contribution in [2.75, 3.05) is 5.75 Å². The van der Waals surface area contributed by atoms with Crippen LogP contribution in [-0.2, 0) is 4.79 Å². The molecule has 0 spiro atoms. The molecule has 1 aliphatic carbocycles. The van der Waals surface area contributed by atoms with Crippen LogP contribution in [0.3, 0.4) is 0 Å². The molecule has 3 nitrogen and oxygen atoms in total. The molecule has 118 valence electrons. The number of hydrogen-bond donors (Lipinski definition) is 2. The Kier molecular flexibility index (Phi) is 7.83. The first-order chi connectivity index (χ1) is 9.99. The number of rotatable bonds is 9. The Balaban J connectivity index is 2.65. The molecule has 0 aromatic rings. The first kappa shape index (κ1) is 18.1. The van der Waals surface area contributed by atoms with E-state index in [1.54, 1.807) is 11.8 Å². The van der Waals surface area contributed by atoms with E-state index in [2.05, 4.69) is 19.1 Å². The lowest BCUT2D eigenvalue weighted by Crippen LogP contribution is -2.49. The average molecular weight is 309 g/mol. The van der Waals surface area contributed by atoms with Gasteiger partial charge in [-0.3, -0.25) is 4.79 Å². The van der Waals surface area contributed by atoms with E-state index in [0.717, 1.165) is 31.4 Å². The topological polar surface area (TPSA) is 63.3 Å². The molecule has 21 heavy (non-hydrogen) atoms. The van der Waals surface area contributed by atoms with Gasteiger partial charge in [-0.05, 0) is 13.3 Å². The van der Waals surface area contributed by atoms with Gasteiger partial charge in [0.25, 0.3) is 0 Å². The Labute approximate surface area is 132 Å². The molecule has 1 aliphatic rings. The highest BCUT2D eigenvalue weighted by Crippen LogP contribution is 2.35. The van der Waals surface area contributed by atoms with Gasteiger partial charge in [0, 0.05) is 16.4 Å². The summed E-state index contributed by atoms with van der Waals surface area (Å²) in [6.45, 7) is 4.14. The summed E-state index contributed by atoms with van der Waals surface area (Å²) in [5.74, 6) is 0.282. The van der Waals surface area contributed by atoms with Gasteiger partial charge >= 0.3 is 5.97 Å². The van der Waals surface area contributed by atoms with Crippen molar-refractivity contribution < 1.29 is 9.90 Å². The number of carboxylic acid groups (broad SMARTS) is 1. The summed E-state index contributed by atoms with van der Waals surface area (Å²) in [6, 6.07) is -0.823. The molecule has 1 rings (SSSR count). The summed E-state index contributed by atoms with van der Waals surface area (Å²) in [5, 5.41) is 9.28. The lowest BCUT2D eigenvalue weighted by atomic mass is 9.95. The smallest absolute Gasteiger partial charge is 0.321 e. The quantitative estimate of drug-likeness (QED) is 0.636. The number of unbranched alkanes of at least 4 members (excludes halogenated alkanes) is 2. The fourth-order valence-corrected chi connectivity index (χ4v) is 3.67. The fourth-order valence-electron chi connectivity index (χ4n) is 2.31. The van der Waals surface area contributed by atoms with E-state index in [-0.39, 0.29) is 0 Å². The van der Waals surface area contributed by atoms with Crippen LogP contribution in [0.15, 0.2) is 36.5 Å². The number of thioether (sulfide) groups is 1. The van der Waals surface area contributed by atoms with Gasteiger partial charge in [0.2, 0.25) is 0 Å². The maximum Gasteiger partial charge on any atom is 0.321 e. The van der Waals surface area contributed by atoms with E-state index < -0.39 is 16.8 Å². The third kappa shape index (κ3) is 6.10. The maximum atomic E-state index is 11.3. The molecule has 2 unspecified atom stereocenters. The predicted octanol–water partition coefficient (Wildman–Crippen LogP) is 3.77. The van der Waals surface area contributed by atoms with Crippen molar-refractivity contribution in [3.8, 4) is 0 Å². The zero-order valence-corrected chi connectivity index (χ0v) is 13.8. The predicted molar refractivity (Wildman–Crippen MR) is 91.5 cm³/mol. The van der Waals surface area contributed by atoms with Gasteiger partial charge in [-0.2, -0.15) is 11.8 Å². The number of hydrogen-bond acceptors (Lipinski definition) is 3. The lowest BCUT2D eigenvalue weighted by Gasteiger charge is -2.33. The molecular weight excluding hydrogens is 282 g/mol. The van der Waals surface area contributed by atoms with E-state index in [1.165, 1.54) is 0 Å². The van der Waals surface area contributed by atoms with E-state index in [4.69, 9.17) is 5.73 Å². The first-order valence-electron chi connectivity index (χ1n) is 7.63. The van der Waals surface area contributed by atoms with Crippen molar-refractivity contribution in [1.82, 2.24) is 0 Å². The van der Waals surface area contributed by atoms with Crippen LogP contribution in [0.25, 0.3) is 0 Å². The van der Waals surface area contributed by atoms with Crippen LogP contribution in [0.4, 0.5) is 0 Å². The van der Waals surface area contributed by atoms with Gasteiger partial charge in [-0.1, -0.05) is 62.6 Å². The number of nitrogens with two attached hydrogens (primary N) is 1. The van der Waals surface area contributed by atoms with Gasteiger partial charge in [0.1, 0.15) is 6.04 Å². The summed E-state index contributed by atoms with van der Waals surface area (Å²) < 4.78 is -0.414. The van der Waals surface area contributed by atoms with Crippen LogP contribution in [0.5, 0.6) is 0 Å². The second-order valence-corrected chi connectivity index (χ2v) is 7.27. The molecule has 0 aromatic carbocycles. The number of allylic oxidation sites excluding steroid dienone is 6. The lowest BCUT2D eigenvalue weighted by molar-refractivity contribution is -0.139. The first-order valence-corrected chi connectivity index (χ1v) is 8.62. The Morgan fingerprint density at radius 1 is 1.29 bits per heavy atom. The van der Waals surface area contributed by atoms with Crippen molar-refractivity contribution in [2.24, 2.45) is 11.7 Å². The largest absolute Gasteiger partial charge is 0.480 e. The standard InChI is InChI=1S/C17H27NO2S/c1-3-4-9-12-17(2,15(18)16(19)20)21-13-14-10-7-5-6-8-11-14/h5-8,10-11,14-15H,3-4,9,12-13,18H2,1-2H3,(H,19,20). The SMILES string of the molecule is CCCCCC(C)(SCC1C=CC=CC=C1)C(N)C(=O)O. The molecule has 0 aromatic heterocycles. The van der Waals surface area contributed by atoms with Crippen molar-refractivity contribution in [1.29, 1.82) is 0 Å². The van der Waals surface area contributed by atoms with Crippen LogP contribution in [0.1, 0.15) is 39.5 Å². The summed E-state index contributed by atoms with van der Waals surface area (Å²) in [6.07, 6.45) is 16.5. The fraction of sp³-hybridized carbons (Fsp3) is 0.588. The molecule has 0 radical (unpaired) electrons. The summed E-state index contributed by atoms with van der Waals surface area (Å²) >= 11 is 1.69. The van der Waals surface area contributed by atoms with Crippen LogP contribution in [0.2, 0.25) is 0 Å². The van der Waals surface area contributed by atoms with Crippen molar-refractivity contribution in [3.63, 3.8) is 0 Å². The highest BCUT2D eigenvalue weighted by atomic mass is 32.2. The Hall–Kier alpha value is -1.00. The highest BCUT2D eigenvalue weighted by Gasteiger charge is 2.36. The Bertz CT molecular complexity index is 401. The minimum atomic E-state index is -0.907. The summed E-state index contributed by atoms with van der Waals surface area (Å²) in [4.78, 5) is 11.3.